The molecule has 5 aromatic rings. The smallest absolute Gasteiger partial charge is 0.335 e. The first-order valence-electron chi connectivity index (χ1n) is 27.6. The number of ether oxygens (including phenoxy) is 10. The summed E-state index contributed by atoms with van der Waals surface area (Å²) in [7, 11) is -3.09. The topological polar surface area (TPSA) is 157 Å². The molecule has 5 aromatic carbocycles. The second kappa shape index (κ2) is 24.4. The highest BCUT2D eigenvalue weighted by Gasteiger charge is 2.65. The quantitative estimate of drug-likeness (QED) is 0.0568. The van der Waals surface area contributed by atoms with Gasteiger partial charge >= 0.3 is 17.1 Å². The Morgan fingerprint density at radius 3 is 1.66 bits per heavy atom. The van der Waals surface area contributed by atoms with Crippen LogP contribution in [-0.4, -0.2) is 123 Å². The monoisotopic (exact) mass is 1120 g/mol. The minimum Gasteiger partial charge on any atom is -0.497 e. The van der Waals surface area contributed by atoms with Crippen molar-refractivity contribution in [2.45, 2.75) is 158 Å². The van der Waals surface area contributed by atoms with E-state index in [1.807, 2.05) is 84.9 Å². The third-order valence-corrected chi connectivity index (χ3v) is 26.1. The number of carbonyl (C=O) groups excluding carboxylic acids is 2. The molecule has 0 N–H and O–H groups in total. The first-order valence-corrected chi connectivity index (χ1v) is 31.6. The largest absolute Gasteiger partial charge is 0.497 e. The van der Waals surface area contributed by atoms with Crippen LogP contribution in [0.4, 0.5) is 0 Å². The summed E-state index contributed by atoms with van der Waals surface area (Å²) >= 11 is 0. The van der Waals surface area contributed by atoms with Gasteiger partial charge < -0.3 is 60.3 Å². The van der Waals surface area contributed by atoms with E-state index in [9.17, 15) is 9.59 Å². The molecule has 0 aliphatic carbocycles. The lowest BCUT2D eigenvalue weighted by atomic mass is 9.94. The molecule has 4 fully saturated rings. The van der Waals surface area contributed by atoms with Crippen LogP contribution in [0.25, 0.3) is 0 Å². The van der Waals surface area contributed by atoms with Crippen LogP contribution in [0.1, 0.15) is 99.1 Å². The fourth-order valence-electron chi connectivity index (χ4n) is 11.7. The average molecular weight is 1120 g/mol. The van der Waals surface area contributed by atoms with E-state index >= 15 is 0 Å². The minimum atomic E-state index is -3.23. The number of amides is 2. The lowest BCUT2D eigenvalue weighted by Gasteiger charge is -2.55. The van der Waals surface area contributed by atoms with E-state index in [1.165, 1.54) is 4.90 Å². The summed E-state index contributed by atoms with van der Waals surface area (Å²) in [4.78, 5) is 31.1. The summed E-state index contributed by atoms with van der Waals surface area (Å²) in [5.41, 5.74) is 3.15. The second-order valence-electron chi connectivity index (χ2n) is 22.1. The number of carbonyl (C=O) groups is 2. The number of hydrogen-bond donors (Lipinski definition) is 0. The van der Waals surface area contributed by atoms with Gasteiger partial charge in [-0.2, -0.15) is 0 Å². The summed E-state index contributed by atoms with van der Waals surface area (Å²) < 4.78 is 90.4. The Hall–Kier alpha value is -5.33. The molecular weight excluding hydrogens is 1040 g/mol. The summed E-state index contributed by atoms with van der Waals surface area (Å²) in [6.07, 6.45) is -9.88. The Kier molecular flexibility index (Phi) is 17.6. The summed E-state index contributed by atoms with van der Waals surface area (Å²) in [6, 6.07) is 39.5. The Balaban J connectivity index is 1.10. The SMILES string of the molecule is COc1ccc(O[C@@H]2O[C@H](COCc3ccccc3)[C@@H](O[C@@H]3O[C@@H]4CO[Si](C(C)C)(C(C)C)O[Si](C(C)C)(C(C)C)O[C@H]4[C@@H]4OC(c5ccc(OC)cc5)O[C@H]34)[C@H](OCc3ccccc3)[C@H]2N2C(=O)c3ccccc3C2=O)cc1. The summed E-state index contributed by atoms with van der Waals surface area (Å²) in [5, 5.41) is 0. The number of benzene rings is 5. The van der Waals surface area contributed by atoms with Gasteiger partial charge in [0.05, 0.1) is 51.8 Å². The molecule has 0 spiro atoms. The van der Waals surface area contributed by atoms with Gasteiger partial charge in [-0.15, -0.1) is 0 Å². The van der Waals surface area contributed by atoms with Gasteiger partial charge in [0.15, 0.2) is 12.6 Å². The minimum absolute atomic E-state index is 0.0112. The van der Waals surface area contributed by atoms with Crippen molar-refractivity contribution in [3.63, 3.8) is 0 Å². The molecule has 5 aliphatic rings. The number of rotatable bonds is 19. The molecular formula is C61H75NO15Si2. The van der Waals surface area contributed by atoms with Crippen LogP contribution in [0.15, 0.2) is 133 Å². The zero-order valence-corrected chi connectivity index (χ0v) is 48.8. The standard InChI is InChI=1S/C61H75NO15Si2/c1-37(2)78(38(3)4)69-36-50-53(76-79(77-78,39(5)6)40(7)8)55-56(75-59(74-55)43-25-27-44(65-9)28-26-43)61(72-50)73-52-49(35-67-33-41-19-13-11-14-20-41)71-60(70-46-31-29-45(66-10)30-32-46)51(54(52)68-34-42-21-15-12-16-22-42)62-57(63)47-23-17-18-24-48(47)58(62)64/h11-32,37-40,49-56,59-61H,33-36H2,1-10H3/t49-,50-,51-,52-,53-,54-,55+,56+,59?,60-,61+/m1/s1. The lowest BCUT2D eigenvalue weighted by molar-refractivity contribution is -0.340. The second-order valence-corrected chi connectivity index (χ2v) is 31.0. The van der Waals surface area contributed by atoms with Crippen LogP contribution in [0.5, 0.6) is 17.2 Å². The number of imide groups is 1. The van der Waals surface area contributed by atoms with Gasteiger partial charge in [0, 0.05) is 5.56 Å². The van der Waals surface area contributed by atoms with Gasteiger partial charge in [0.1, 0.15) is 66.0 Å². The highest BCUT2D eigenvalue weighted by Crippen LogP contribution is 2.50. The van der Waals surface area contributed by atoms with Crippen LogP contribution in [0.3, 0.4) is 0 Å². The molecule has 0 aromatic heterocycles. The molecule has 0 radical (unpaired) electrons. The van der Waals surface area contributed by atoms with E-state index in [2.05, 4.69) is 55.4 Å². The Morgan fingerprint density at radius 2 is 1.09 bits per heavy atom. The number of fused-ring (bicyclic) bond motifs is 4. The van der Waals surface area contributed by atoms with Crippen LogP contribution in [0, 0.1) is 0 Å². The van der Waals surface area contributed by atoms with Crippen LogP contribution in [-0.2, 0) is 59.3 Å². The van der Waals surface area contributed by atoms with Crippen LogP contribution < -0.4 is 14.2 Å². The fourth-order valence-corrected chi connectivity index (χ4v) is 23.0. The third-order valence-electron chi connectivity index (χ3n) is 15.9. The highest BCUT2D eigenvalue weighted by molar-refractivity contribution is 6.84. The summed E-state index contributed by atoms with van der Waals surface area (Å²) in [5.74, 6) is 0.602. The maximum atomic E-state index is 14.9. The molecule has 0 saturated carbocycles. The molecule has 0 bridgehead atoms. The maximum Gasteiger partial charge on any atom is 0.335 e. The van der Waals surface area contributed by atoms with Crippen molar-refractivity contribution in [3.05, 3.63) is 161 Å². The van der Waals surface area contributed by atoms with E-state index < -0.39 is 96.6 Å². The van der Waals surface area contributed by atoms with Gasteiger partial charge in [0.25, 0.3) is 11.8 Å². The zero-order chi connectivity index (χ0) is 55.6. The molecule has 5 heterocycles. The van der Waals surface area contributed by atoms with Crippen molar-refractivity contribution >= 4 is 28.9 Å². The van der Waals surface area contributed by atoms with Crippen molar-refractivity contribution in [2.24, 2.45) is 0 Å². The normalized spacial score (nSPS) is 28.3. The lowest BCUT2D eigenvalue weighted by Crippen LogP contribution is -2.71. The first-order chi connectivity index (χ1) is 38.1. The van der Waals surface area contributed by atoms with Gasteiger partial charge in [-0.1, -0.05) is 140 Å². The van der Waals surface area contributed by atoms with Crippen molar-refractivity contribution in [3.8, 4) is 17.2 Å². The van der Waals surface area contributed by atoms with Crippen LogP contribution >= 0.6 is 0 Å². The Morgan fingerprint density at radius 1 is 0.557 bits per heavy atom. The molecule has 16 nitrogen and oxygen atoms in total. The van der Waals surface area contributed by atoms with Crippen molar-refractivity contribution in [1.29, 1.82) is 0 Å². The van der Waals surface area contributed by atoms with E-state index in [4.69, 9.17) is 60.3 Å². The molecule has 10 rings (SSSR count). The zero-order valence-electron chi connectivity index (χ0n) is 46.8. The molecule has 18 heteroatoms. The van der Waals surface area contributed by atoms with E-state index in [-0.39, 0.29) is 59.7 Å². The first kappa shape index (κ1) is 56.9. The molecule has 1 unspecified atom stereocenters. The van der Waals surface area contributed by atoms with Gasteiger partial charge in [-0.25, -0.2) is 0 Å². The number of methoxy groups -OCH3 is 2. The number of nitrogens with zero attached hydrogens (tertiary/aromatic N) is 1. The summed E-state index contributed by atoms with van der Waals surface area (Å²) in [6.45, 7) is 17.8. The molecule has 79 heavy (non-hydrogen) atoms. The average Bonchev–Trinajstić information content (AvgIpc) is 4.28. The molecule has 2 amide bonds. The van der Waals surface area contributed by atoms with Crippen molar-refractivity contribution in [2.75, 3.05) is 27.4 Å². The predicted molar refractivity (Wildman–Crippen MR) is 297 cm³/mol. The fraction of sp³-hybridized carbons (Fsp3) is 0.475. The highest BCUT2D eigenvalue weighted by atomic mass is 28.5. The molecule has 5 aliphatic heterocycles. The Bertz CT molecular complexity index is 2770. The molecule has 4 saturated heterocycles. The van der Waals surface area contributed by atoms with Crippen molar-refractivity contribution in [1.82, 2.24) is 4.90 Å². The van der Waals surface area contributed by atoms with Gasteiger partial charge in [-0.05, 0) is 81.8 Å². The van der Waals surface area contributed by atoms with Crippen molar-refractivity contribution < 1.29 is 69.9 Å². The molecule has 422 valence electrons. The number of hydrogen-bond acceptors (Lipinski definition) is 15. The van der Waals surface area contributed by atoms with Crippen LogP contribution in [0.2, 0.25) is 22.2 Å². The third kappa shape index (κ3) is 11.5. The predicted octanol–water partition coefficient (Wildman–Crippen LogP) is 10.8. The van der Waals surface area contributed by atoms with E-state index in [0.717, 1.165) is 16.7 Å². The molecule has 11 atom stereocenters. The van der Waals surface area contributed by atoms with E-state index in [0.29, 0.717) is 17.2 Å². The Labute approximate surface area is 466 Å². The van der Waals surface area contributed by atoms with Gasteiger partial charge in [-0.3, -0.25) is 14.5 Å². The maximum absolute atomic E-state index is 14.9. The van der Waals surface area contributed by atoms with Gasteiger partial charge in [0.2, 0.25) is 6.29 Å². The van der Waals surface area contributed by atoms with E-state index in [1.54, 1.807) is 62.8 Å².